The van der Waals surface area contributed by atoms with E-state index in [0.29, 0.717) is 22.6 Å². The van der Waals surface area contributed by atoms with E-state index in [2.05, 4.69) is 22.0 Å². The van der Waals surface area contributed by atoms with Crippen LogP contribution in [0.25, 0.3) is 5.78 Å². The summed E-state index contributed by atoms with van der Waals surface area (Å²) in [6.45, 7) is 7.90. The second-order valence-corrected chi connectivity index (χ2v) is 8.51. The second-order valence-electron chi connectivity index (χ2n) is 7.57. The van der Waals surface area contributed by atoms with E-state index in [4.69, 9.17) is 0 Å². The lowest BCUT2D eigenvalue weighted by Gasteiger charge is -2.30. The molecule has 0 saturated carbocycles. The summed E-state index contributed by atoms with van der Waals surface area (Å²) in [5.41, 5.74) is 3.76. The number of thioether (sulfide) groups is 1. The number of aryl methyl sites for hydroxylation is 2. The van der Waals surface area contributed by atoms with Crippen molar-refractivity contribution in [1.29, 1.82) is 0 Å². The predicted octanol–water partition coefficient (Wildman–Crippen LogP) is 3.91. The van der Waals surface area contributed by atoms with Gasteiger partial charge in [-0.05, 0) is 50.3 Å². The molecule has 4 rings (SSSR count). The summed E-state index contributed by atoms with van der Waals surface area (Å²) < 4.78 is 1.77. The Bertz CT molecular complexity index is 1010. The van der Waals surface area contributed by atoms with Gasteiger partial charge >= 0.3 is 0 Å². The maximum absolute atomic E-state index is 13.0. The van der Waals surface area contributed by atoms with E-state index in [-0.39, 0.29) is 5.91 Å². The lowest BCUT2D eigenvalue weighted by Crippen LogP contribution is -2.38. The van der Waals surface area contributed by atoms with Gasteiger partial charge < -0.3 is 4.90 Å². The van der Waals surface area contributed by atoms with E-state index in [1.54, 1.807) is 4.52 Å². The third kappa shape index (κ3) is 3.90. The Balaban J connectivity index is 1.51. The maximum atomic E-state index is 13.0. The number of fused-ring (bicyclic) bond motifs is 1. The largest absolute Gasteiger partial charge is 0.339 e. The Morgan fingerprint density at radius 3 is 2.71 bits per heavy atom. The quantitative estimate of drug-likeness (QED) is 0.627. The zero-order valence-electron chi connectivity index (χ0n) is 16.6. The van der Waals surface area contributed by atoms with Crippen molar-refractivity contribution in [3.63, 3.8) is 0 Å². The number of piperidine rings is 1. The van der Waals surface area contributed by atoms with Gasteiger partial charge in [-0.25, -0.2) is 9.50 Å². The van der Waals surface area contributed by atoms with Crippen molar-refractivity contribution in [2.24, 2.45) is 5.92 Å². The molecule has 0 atom stereocenters. The highest BCUT2D eigenvalue weighted by molar-refractivity contribution is 7.98. The molecule has 0 unspecified atom stereocenters. The molecule has 1 aliphatic rings. The summed E-state index contributed by atoms with van der Waals surface area (Å²) >= 11 is 1.54. The summed E-state index contributed by atoms with van der Waals surface area (Å²) in [5, 5.41) is 5.23. The third-order valence-electron chi connectivity index (χ3n) is 5.27. The molecule has 0 aliphatic carbocycles. The molecule has 146 valence electrons. The van der Waals surface area contributed by atoms with Crippen molar-refractivity contribution in [1.82, 2.24) is 24.5 Å². The van der Waals surface area contributed by atoms with Crippen LogP contribution in [-0.4, -0.2) is 43.5 Å². The van der Waals surface area contributed by atoms with Gasteiger partial charge in [0, 0.05) is 35.8 Å². The van der Waals surface area contributed by atoms with Gasteiger partial charge in [0.2, 0.25) is 5.16 Å². The molecule has 2 aromatic heterocycles. The van der Waals surface area contributed by atoms with Gasteiger partial charge in [0.1, 0.15) is 0 Å². The second kappa shape index (κ2) is 7.91. The Hall–Kier alpha value is -2.41. The van der Waals surface area contributed by atoms with E-state index in [9.17, 15) is 4.79 Å². The SMILES string of the molecule is Cc1cc(C)n2nc(SCc3ccccc3C(=O)N3CCC(C)CC3)nc2n1. The number of amides is 1. The van der Waals surface area contributed by atoms with E-state index in [0.717, 1.165) is 48.4 Å². The summed E-state index contributed by atoms with van der Waals surface area (Å²) in [4.78, 5) is 24.0. The van der Waals surface area contributed by atoms with Crippen LogP contribution in [0.3, 0.4) is 0 Å². The van der Waals surface area contributed by atoms with Crippen LogP contribution >= 0.6 is 11.8 Å². The summed E-state index contributed by atoms with van der Waals surface area (Å²) in [6.07, 6.45) is 2.17. The predicted molar refractivity (Wildman–Crippen MR) is 111 cm³/mol. The van der Waals surface area contributed by atoms with E-state index in [1.165, 1.54) is 11.8 Å². The van der Waals surface area contributed by atoms with Crippen molar-refractivity contribution in [3.8, 4) is 0 Å². The average molecular weight is 396 g/mol. The summed E-state index contributed by atoms with van der Waals surface area (Å²) in [5.74, 6) is 2.11. The Kier molecular flexibility index (Phi) is 5.35. The van der Waals surface area contributed by atoms with Gasteiger partial charge in [0.15, 0.2) is 0 Å². The Labute approximate surface area is 169 Å². The number of aromatic nitrogens is 4. The highest BCUT2D eigenvalue weighted by Gasteiger charge is 2.23. The first kappa shape index (κ1) is 18.9. The molecule has 3 aromatic rings. The molecule has 6 nitrogen and oxygen atoms in total. The van der Waals surface area contributed by atoms with Crippen molar-refractivity contribution < 1.29 is 4.79 Å². The monoisotopic (exact) mass is 395 g/mol. The first-order chi connectivity index (χ1) is 13.5. The van der Waals surface area contributed by atoms with Crippen LogP contribution in [0, 0.1) is 19.8 Å². The van der Waals surface area contributed by atoms with Crippen LogP contribution in [0.1, 0.15) is 47.1 Å². The van der Waals surface area contributed by atoms with E-state index >= 15 is 0 Å². The van der Waals surface area contributed by atoms with Crippen molar-refractivity contribution in [2.75, 3.05) is 13.1 Å². The molecule has 1 fully saturated rings. The molecular formula is C21H25N5OS. The third-order valence-corrected chi connectivity index (χ3v) is 6.16. The number of carbonyl (C=O) groups is 1. The van der Waals surface area contributed by atoms with Gasteiger partial charge in [-0.2, -0.15) is 4.98 Å². The number of rotatable bonds is 4. The van der Waals surface area contributed by atoms with Crippen LogP contribution in [-0.2, 0) is 5.75 Å². The minimum absolute atomic E-state index is 0.138. The molecule has 7 heteroatoms. The normalized spacial score (nSPS) is 15.3. The van der Waals surface area contributed by atoms with Crippen LogP contribution in [0.5, 0.6) is 0 Å². The van der Waals surface area contributed by atoms with Gasteiger partial charge in [0.25, 0.3) is 11.7 Å². The van der Waals surface area contributed by atoms with Gasteiger partial charge in [-0.1, -0.05) is 36.9 Å². The van der Waals surface area contributed by atoms with Crippen LogP contribution in [0.2, 0.25) is 0 Å². The van der Waals surface area contributed by atoms with Crippen molar-refractivity contribution in [3.05, 3.63) is 52.8 Å². The molecule has 1 saturated heterocycles. The molecule has 28 heavy (non-hydrogen) atoms. The number of hydrogen-bond donors (Lipinski definition) is 0. The number of nitrogens with zero attached hydrogens (tertiary/aromatic N) is 5. The highest BCUT2D eigenvalue weighted by Crippen LogP contribution is 2.25. The first-order valence-corrected chi connectivity index (χ1v) is 10.7. The average Bonchev–Trinajstić information content (AvgIpc) is 3.10. The van der Waals surface area contributed by atoms with Gasteiger partial charge in [-0.15, -0.1) is 5.10 Å². The topological polar surface area (TPSA) is 63.4 Å². The molecule has 0 bridgehead atoms. The first-order valence-electron chi connectivity index (χ1n) is 9.72. The van der Waals surface area contributed by atoms with Crippen LogP contribution in [0.15, 0.2) is 35.5 Å². The minimum atomic E-state index is 0.138. The number of benzene rings is 1. The van der Waals surface area contributed by atoms with Crippen molar-refractivity contribution in [2.45, 2.75) is 44.5 Å². The van der Waals surface area contributed by atoms with Crippen LogP contribution in [0.4, 0.5) is 0 Å². The van der Waals surface area contributed by atoms with Crippen LogP contribution < -0.4 is 0 Å². The Morgan fingerprint density at radius 1 is 1.18 bits per heavy atom. The fourth-order valence-electron chi connectivity index (χ4n) is 3.59. The Morgan fingerprint density at radius 2 is 1.93 bits per heavy atom. The fraction of sp³-hybridized carbons (Fsp3) is 0.429. The molecule has 0 N–H and O–H groups in total. The molecule has 1 amide bonds. The molecule has 1 aromatic carbocycles. The zero-order valence-corrected chi connectivity index (χ0v) is 17.4. The lowest BCUT2D eigenvalue weighted by molar-refractivity contribution is 0.0696. The summed E-state index contributed by atoms with van der Waals surface area (Å²) in [7, 11) is 0. The molecule has 1 aliphatic heterocycles. The molecular weight excluding hydrogens is 370 g/mol. The number of hydrogen-bond acceptors (Lipinski definition) is 5. The molecule has 0 radical (unpaired) electrons. The van der Waals surface area contributed by atoms with E-state index in [1.807, 2.05) is 49.1 Å². The van der Waals surface area contributed by atoms with Gasteiger partial charge in [-0.3, -0.25) is 4.79 Å². The highest BCUT2D eigenvalue weighted by atomic mass is 32.2. The molecule has 0 spiro atoms. The molecule has 3 heterocycles. The number of carbonyl (C=O) groups excluding carboxylic acids is 1. The fourth-order valence-corrected chi connectivity index (χ4v) is 4.41. The zero-order chi connectivity index (χ0) is 19.7. The summed E-state index contributed by atoms with van der Waals surface area (Å²) in [6, 6.07) is 9.87. The number of likely N-dealkylation sites (tertiary alicyclic amines) is 1. The van der Waals surface area contributed by atoms with Gasteiger partial charge in [0.05, 0.1) is 0 Å². The maximum Gasteiger partial charge on any atom is 0.254 e. The van der Waals surface area contributed by atoms with E-state index < -0.39 is 0 Å². The standard InChI is InChI=1S/C21H25N5OS/c1-14-8-10-25(11-9-14)19(27)18-7-5-4-6-17(18)13-28-21-23-20-22-15(2)12-16(3)26(20)24-21/h4-7,12,14H,8-11,13H2,1-3H3. The minimum Gasteiger partial charge on any atom is -0.339 e. The lowest BCUT2D eigenvalue weighted by atomic mass is 9.98. The smallest absolute Gasteiger partial charge is 0.254 e. The van der Waals surface area contributed by atoms with Crippen molar-refractivity contribution >= 4 is 23.4 Å².